The average Bonchev–Trinajstić information content (AvgIpc) is 2.48. The molecule has 0 radical (unpaired) electrons. The van der Waals surface area contributed by atoms with E-state index in [0.29, 0.717) is 6.42 Å². The van der Waals surface area contributed by atoms with E-state index in [4.69, 9.17) is 0 Å². The fourth-order valence-electron chi connectivity index (χ4n) is 2.34. The molecule has 2 nitrogen and oxygen atoms in total. The van der Waals surface area contributed by atoms with E-state index in [1.165, 1.54) is 0 Å². The summed E-state index contributed by atoms with van der Waals surface area (Å²) in [5.41, 5.74) is 3.38. The standard InChI is InChI=1S/C18H20BrNO/c1-3-17(14-8-10-16(19)11-9-14)20-18(21)12-15-7-5-4-6-13(15)2/h4-11,17H,3,12H2,1-2H3,(H,20,21). The summed E-state index contributed by atoms with van der Waals surface area (Å²) in [6.07, 6.45) is 1.31. The Bertz CT molecular complexity index is 607. The fourth-order valence-corrected chi connectivity index (χ4v) is 2.61. The monoisotopic (exact) mass is 345 g/mol. The van der Waals surface area contributed by atoms with Gasteiger partial charge in [0.15, 0.2) is 0 Å². The zero-order valence-electron chi connectivity index (χ0n) is 12.4. The fraction of sp³-hybridized carbons (Fsp3) is 0.278. The summed E-state index contributed by atoms with van der Waals surface area (Å²) in [6.45, 7) is 4.12. The van der Waals surface area contributed by atoms with Gasteiger partial charge in [-0.3, -0.25) is 4.79 Å². The van der Waals surface area contributed by atoms with Gasteiger partial charge in [-0.1, -0.05) is 59.3 Å². The first-order valence-corrected chi connectivity index (χ1v) is 7.98. The van der Waals surface area contributed by atoms with Crippen LogP contribution in [0.5, 0.6) is 0 Å². The molecule has 0 bridgehead atoms. The van der Waals surface area contributed by atoms with Crippen LogP contribution in [-0.2, 0) is 11.2 Å². The minimum Gasteiger partial charge on any atom is -0.349 e. The van der Waals surface area contributed by atoms with Crippen molar-refractivity contribution in [3.63, 3.8) is 0 Å². The largest absolute Gasteiger partial charge is 0.349 e. The Morgan fingerprint density at radius 1 is 1.14 bits per heavy atom. The molecule has 2 aromatic rings. The third kappa shape index (κ3) is 4.43. The molecule has 0 saturated carbocycles. The van der Waals surface area contributed by atoms with Crippen molar-refractivity contribution < 1.29 is 4.79 Å². The van der Waals surface area contributed by atoms with Crippen molar-refractivity contribution >= 4 is 21.8 Å². The van der Waals surface area contributed by atoms with Crippen LogP contribution < -0.4 is 5.32 Å². The van der Waals surface area contributed by atoms with Crippen LogP contribution in [-0.4, -0.2) is 5.91 Å². The highest BCUT2D eigenvalue weighted by molar-refractivity contribution is 9.10. The summed E-state index contributed by atoms with van der Waals surface area (Å²) in [7, 11) is 0. The van der Waals surface area contributed by atoms with E-state index in [-0.39, 0.29) is 11.9 Å². The maximum absolute atomic E-state index is 12.3. The summed E-state index contributed by atoms with van der Waals surface area (Å²) < 4.78 is 1.05. The molecule has 0 aliphatic rings. The van der Waals surface area contributed by atoms with Crippen molar-refractivity contribution in [1.82, 2.24) is 5.32 Å². The molecule has 2 rings (SSSR count). The number of benzene rings is 2. The summed E-state index contributed by atoms with van der Waals surface area (Å²) in [5, 5.41) is 3.12. The minimum absolute atomic E-state index is 0.0645. The second-order valence-corrected chi connectivity index (χ2v) is 6.10. The molecule has 0 fully saturated rings. The van der Waals surface area contributed by atoms with E-state index in [1.54, 1.807) is 0 Å². The zero-order chi connectivity index (χ0) is 15.2. The third-order valence-corrected chi connectivity index (χ3v) is 4.16. The summed E-state index contributed by atoms with van der Waals surface area (Å²) in [6, 6.07) is 16.2. The van der Waals surface area contributed by atoms with Crippen molar-refractivity contribution in [3.05, 3.63) is 69.7 Å². The molecule has 0 aromatic heterocycles. The maximum atomic E-state index is 12.3. The number of carbonyl (C=O) groups excluding carboxylic acids is 1. The van der Waals surface area contributed by atoms with Crippen LogP contribution in [0, 0.1) is 6.92 Å². The molecule has 110 valence electrons. The molecular weight excluding hydrogens is 326 g/mol. The normalized spacial score (nSPS) is 12.0. The van der Waals surface area contributed by atoms with Gasteiger partial charge in [0, 0.05) is 4.47 Å². The lowest BCUT2D eigenvalue weighted by atomic mass is 10.0. The molecule has 21 heavy (non-hydrogen) atoms. The third-order valence-electron chi connectivity index (χ3n) is 3.63. The molecule has 1 unspecified atom stereocenters. The van der Waals surface area contributed by atoms with Crippen molar-refractivity contribution in [1.29, 1.82) is 0 Å². The van der Waals surface area contributed by atoms with E-state index in [9.17, 15) is 4.79 Å². The minimum atomic E-state index is 0.0645. The number of hydrogen-bond donors (Lipinski definition) is 1. The van der Waals surface area contributed by atoms with Gasteiger partial charge in [-0.2, -0.15) is 0 Å². The lowest BCUT2D eigenvalue weighted by Crippen LogP contribution is -2.29. The average molecular weight is 346 g/mol. The van der Waals surface area contributed by atoms with Crippen LogP contribution in [0.25, 0.3) is 0 Å². The highest BCUT2D eigenvalue weighted by atomic mass is 79.9. The Morgan fingerprint density at radius 2 is 1.81 bits per heavy atom. The highest BCUT2D eigenvalue weighted by Crippen LogP contribution is 2.19. The molecular formula is C18H20BrNO. The first-order valence-electron chi connectivity index (χ1n) is 7.19. The zero-order valence-corrected chi connectivity index (χ0v) is 14.0. The molecule has 2 aromatic carbocycles. The first-order chi connectivity index (χ1) is 10.1. The van der Waals surface area contributed by atoms with Crippen molar-refractivity contribution in [2.45, 2.75) is 32.7 Å². The van der Waals surface area contributed by atoms with Gasteiger partial charge in [-0.05, 0) is 42.2 Å². The predicted octanol–water partition coefficient (Wildman–Crippen LogP) is 4.57. The van der Waals surface area contributed by atoms with Gasteiger partial charge in [-0.25, -0.2) is 0 Å². The number of nitrogens with one attached hydrogen (secondary N) is 1. The van der Waals surface area contributed by atoms with Gasteiger partial charge in [0.25, 0.3) is 0 Å². The molecule has 1 N–H and O–H groups in total. The van der Waals surface area contributed by atoms with Gasteiger partial charge in [0.2, 0.25) is 5.91 Å². The Kier molecular flexibility index (Phi) is 5.57. The van der Waals surface area contributed by atoms with Crippen LogP contribution in [0.2, 0.25) is 0 Å². The second kappa shape index (κ2) is 7.41. The Hall–Kier alpha value is -1.61. The number of aryl methyl sites for hydroxylation is 1. The van der Waals surface area contributed by atoms with E-state index < -0.39 is 0 Å². The smallest absolute Gasteiger partial charge is 0.224 e. The van der Waals surface area contributed by atoms with Gasteiger partial charge < -0.3 is 5.32 Å². The van der Waals surface area contributed by atoms with Gasteiger partial charge in [0.05, 0.1) is 12.5 Å². The Labute approximate surface area is 134 Å². The second-order valence-electron chi connectivity index (χ2n) is 5.18. The number of rotatable bonds is 5. The van der Waals surface area contributed by atoms with Crippen LogP contribution in [0.1, 0.15) is 36.1 Å². The molecule has 0 heterocycles. The lowest BCUT2D eigenvalue weighted by Gasteiger charge is -2.18. The number of halogens is 1. The first kappa shape index (κ1) is 15.8. The highest BCUT2D eigenvalue weighted by Gasteiger charge is 2.13. The van der Waals surface area contributed by atoms with Gasteiger partial charge in [0.1, 0.15) is 0 Å². The lowest BCUT2D eigenvalue weighted by molar-refractivity contribution is -0.121. The molecule has 1 amide bonds. The van der Waals surface area contributed by atoms with Crippen molar-refractivity contribution in [3.8, 4) is 0 Å². The number of amides is 1. The summed E-state index contributed by atoms with van der Waals surface area (Å²) in [4.78, 5) is 12.3. The quantitative estimate of drug-likeness (QED) is 0.844. The molecule has 3 heteroatoms. The maximum Gasteiger partial charge on any atom is 0.224 e. The van der Waals surface area contributed by atoms with Crippen LogP contribution in [0.3, 0.4) is 0 Å². The Balaban J connectivity index is 2.03. The van der Waals surface area contributed by atoms with Gasteiger partial charge in [-0.15, -0.1) is 0 Å². The SMILES string of the molecule is CCC(NC(=O)Cc1ccccc1C)c1ccc(Br)cc1. The predicted molar refractivity (Wildman–Crippen MR) is 90.2 cm³/mol. The molecule has 0 aliphatic heterocycles. The van der Waals surface area contributed by atoms with Crippen LogP contribution in [0.15, 0.2) is 53.0 Å². The van der Waals surface area contributed by atoms with Gasteiger partial charge >= 0.3 is 0 Å². The van der Waals surface area contributed by atoms with Crippen LogP contribution in [0.4, 0.5) is 0 Å². The summed E-state index contributed by atoms with van der Waals surface area (Å²) >= 11 is 3.43. The summed E-state index contributed by atoms with van der Waals surface area (Å²) in [5.74, 6) is 0.0686. The van der Waals surface area contributed by atoms with E-state index >= 15 is 0 Å². The number of hydrogen-bond acceptors (Lipinski definition) is 1. The van der Waals surface area contributed by atoms with Crippen molar-refractivity contribution in [2.75, 3.05) is 0 Å². The van der Waals surface area contributed by atoms with E-state index in [1.807, 2.05) is 55.5 Å². The van der Waals surface area contributed by atoms with Crippen LogP contribution >= 0.6 is 15.9 Å². The van der Waals surface area contributed by atoms with Crippen molar-refractivity contribution in [2.24, 2.45) is 0 Å². The molecule has 0 saturated heterocycles. The van der Waals surface area contributed by atoms with E-state index in [0.717, 1.165) is 27.6 Å². The number of carbonyl (C=O) groups is 1. The molecule has 0 spiro atoms. The Morgan fingerprint density at radius 3 is 2.43 bits per heavy atom. The molecule has 1 atom stereocenters. The van der Waals surface area contributed by atoms with E-state index in [2.05, 4.69) is 28.2 Å². The topological polar surface area (TPSA) is 29.1 Å². The molecule has 0 aliphatic carbocycles.